The van der Waals surface area contributed by atoms with Crippen molar-refractivity contribution in [1.82, 2.24) is 24.9 Å². The maximum absolute atomic E-state index is 12.3. The second kappa shape index (κ2) is 6.77. The van der Waals surface area contributed by atoms with Crippen molar-refractivity contribution in [3.8, 4) is 6.07 Å². The number of amides is 1. The van der Waals surface area contributed by atoms with E-state index >= 15 is 0 Å². The van der Waals surface area contributed by atoms with Crippen LogP contribution in [0.5, 0.6) is 0 Å². The largest absolute Gasteiger partial charge is 0.337 e. The van der Waals surface area contributed by atoms with Gasteiger partial charge < -0.3 is 5.32 Å². The van der Waals surface area contributed by atoms with Crippen LogP contribution in [0.15, 0.2) is 11.2 Å². The first-order valence-corrected chi connectivity index (χ1v) is 9.06. The first-order chi connectivity index (χ1) is 11.5. The molecule has 0 aliphatic heterocycles. The van der Waals surface area contributed by atoms with E-state index in [0.29, 0.717) is 10.9 Å². The Bertz CT molecular complexity index is 803. The first-order valence-electron chi connectivity index (χ1n) is 8.07. The number of aryl methyl sites for hydroxylation is 2. The van der Waals surface area contributed by atoms with E-state index in [-0.39, 0.29) is 11.7 Å². The molecular weight excluding hydrogens is 324 g/mol. The van der Waals surface area contributed by atoms with Gasteiger partial charge in [0.15, 0.2) is 5.16 Å². The Kier molecular flexibility index (Phi) is 4.71. The van der Waals surface area contributed by atoms with Crippen molar-refractivity contribution in [3.63, 3.8) is 0 Å². The van der Waals surface area contributed by atoms with Gasteiger partial charge in [-0.2, -0.15) is 5.26 Å². The fraction of sp³-hybridized carbons (Fsp3) is 0.562. The van der Waals surface area contributed by atoms with Crippen molar-refractivity contribution in [2.75, 3.05) is 5.75 Å². The lowest BCUT2D eigenvalue weighted by Crippen LogP contribution is -2.49. The Morgan fingerprint density at radius 2 is 2.12 bits per heavy atom. The molecule has 1 N–H and O–H groups in total. The van der Waals surface area contributed by atoms with Crippen LogP contribution >= 0.6 is 11.8 Å². The maximum atomic E-state index is 12.3. The zero-order valence-corrected chi connectivity index (χ0v) is 14.7. The standard InChI is InChI=1S/C16H20N6OS/c1-11-8-12(2)22-14(18-11)20-21-15(22)24-9-13(23)19-16(10-17)6-4-3-5-7-16/h8H,3-7,9H2,1-2H3,(H,19,23). The Hall–Kier alpha value is -2.14. The molecule has 2 aromatic rings. The topological polar surface area (TPSA) is 96.0 Å². The van der Waals surface area contributed by atoms with Gasteiger partial charge in [-0.3, -0.25) is 9.20 Å². The summed E-state index contributed by atoms with van der Waals surface area (Å²) in [7, 11) is 0. The van der Waals surface area contributed by atoms with Gasteiger partial charge >= 0.3 is 0 Å². The highest BCUT2D eigenvalue weighted by Crippen LogP contribution is 2.28. The molecule has 1 amide bonds. The van der Waals surface area contributed by atoms with E-state index in [1.54, 1.807) is 0 Å². The average molecular weight is 344 g/mol. The molecule has 1 aliphatic rings. The van der Waals surface area contributed by atoms with Crippen LogP contribution in [-0.2, 0) is 4.79 Å². The molecule has 0 radical (unpaired) electrons. The molecule has 0 spiro atoms. The second-order valence-corrected chi connectivity index (χ2v) is 7.19. The highest BCUT2D eigenvalue weighted by Gasteiger charge is 2.33. The van der Waals surface area contributed by atoms with Crippen LogP contribution in [0, 0.1) is 25.2 Å². The van der Waals surface area contributed by atoms with Gasteiger partial charge in [0.2, 0.25) is 5.91 Å². The second-order valence-electron chi connectivity index (χ2n) is 6.25. The SMILES string of the molecule is Cc1cc(C)n2c(SCC(=O)NC3(C#N)CCCCC3)nnc2n1. The molecule has 0 saturated heterocycles. The van der Waals surface area contributed by atoms with Crippen LogP contribution in [0.4, 0.5) is 0 Å². The molecule has 0 aromatic carbocycles. The monoisotopic (exact) mass is 344 g/mol. The third-order valence-corrected chi connectivity index (χ3v) is 5.22. The van der Waals surface area contributed by atoms with Crippen molar-refractivity contribution in [3.05, 3.63) is 17.5 Å². The summed E-state index contributed by atoms with van der Waals surface area (Å²) in [5.41, 5.74) is 1.17. The number of nitrogens with one attached hydrogen (secondary N) is 1. The molecule has 8 heteroatoms. The Labute approximate surface area is 144 Å². The maximum Gasteiger partial charge on any atom is 0.256 e. The Morgan fingerprint density at radius 3 is 2.83 bits per heavy atom. The number of aromatic nitrogens is 4. The quantitative estimate of drug-likeness (QED) is 0.854. The summed E-state index contributed by atoms with van der Waals surface area (Å²) in [6.45, 7) is 3.87. The minimum Gasteiger partial charge on any atom is -0.337 e. The van der Waals surface area contributed by atoms with E-state index < -0.39 is 5.54 Å². The number of carbonyl (C=O) groups excluding carboxylic acids is 1. The molecular formula is C16H20N6OS. The summed E-state index contributed by atoms with van der Waals surface area (Å²) in [6.07, 6.45) is 4.57. The zero-order chi connectivity index (χ0) is 17.2. The lowest BCUT2D eigenvalue weighted by atomic mass is 9.83. The van der Waals surface area contributed by atoms with Gasteiger partial charge in [-0.25, -0.2) is 4.98 Å². The minimum absolute atomic E-state index is 0.141. The van der Waals surface area contributed by atoms with Gasteiger partial charge in [0.05, 0.1) is 11.8 Å². The van der Waals surface area contributed by atoms with E-state index in [2.05, 4.69) is 26.6 Å². The molecule has 2 aromatic heterocycles. The number of nitriles is 1. The molecule has 2 heterocycles. The number of rotatable bonds is 4. The molecule has 1 aliphatic carbocycles. The predicted molar refractivity (Wildman–Crippen MR) is 90.6 cm³/mol. The van der Waals surface area contributed by atoms with Crippen LogP contribution in [0.25, 0.3) is 5.78 Å². The number of nitrogens with zero attached hydrogens (tertiary/aromatic N) is 5. The molecule has 0 bridgehead atoms. The van der Waals surface area contributed by atoms with Gasteiger partial charge in [-0.1, -0.05) is 31.0 Å². The average Bonchev–Trinajstić information content (AvgIpc) is 2.97. The molecule has 1 saturated carbocycles. The Morgan fingerprint density at radius 1 is 1.38 bits per heavy atom. The summed E-state index contributed by atoms with van der Waals surface area (Å²) < 4.78 is 1.84. The van der Waals surface area contributed by atoms with Crippen molar-refractivity contribution >= 4 is 23.4 Å². The lowest BCUT2D eigenvalue weighted by Gasteiger charge is -2.31. The van der Waals surface area contributed by atoms with Crippen LogP contribution in [0.2, 0.25) is 0 Å². The van der Waals surface area contributed by atoms with E-state index in [9.17, 15) is 10.1 Å². The van der Waals surface area contributed by atoms with Gasteiger partial charge in [-0.05, 0) is 32.8 Å². The molecule has 3 rings (SSSR count). The number of fused-ring (bicyclic) bond motifs is 1. The number of carbonyl (C=O) groups is 1. The van der Waals surface area contributed by atoms with Crippen LogP contribution in [0.3, 0.4) is 0 Å². The van der Waals surface area contributed by atoms with Gasteiger partial charge in [0.1, 0.15) is 5.54 Å². The molecule has 0 unspecified atom stereocenters. The highest BCUT2D eigenvalue weighted by molar-refractivity contribution is 7.99. The fourth-order valence-electron chi connectivity index (χ4n) is 3.15. The van der Waals surface area contributed by atoms with E-state index in [0.717, 1.165) is 43.5 Å². The van der Waals surface area contributed by atoms with Crippen LogP contribution < -0.4 is 5.32 Å². The smallest absolute Gasteiger partial charge is 0.256 e. The molecule has 24 heavy (non-hydrogen) atoms. The summed E-state index contributed by atoms with van der Waals surface area (Å²) in [4.78, 5) is 16.6. The number of hydrogen-bond acceptors (Lipinski definition) is 6. The first kappa shape index (κ1) is 16.7. The predicted octanol–water partition coefficient (Wildman–Crippen LogP) is 2.18. The van der Waals surface area contributed by atoms with Crippen molar-refractivity contribution in [1.29, 1.82) is 5.26 Å². The van der Waals surface area contributed by atoms with Crippen LogP contribution in [-0.4, -0.2) is 36.8 Å². The Balaban J connectivity index is 1.68. The minimum atomic E-state index is -0.697. The summed E-state index contributed by atoms with van der Waals surface area (Å²) in [5.74, 6) is 0.603. The van der Waals surface area contributed by atoms with Crippen molar-refractivity contribution in [2.45, 2.75) is 56.6 Å². The molecule has 1 fully saturated rings. The number of thioether (sulfide) groups is 1. The van der Waals surface area contributed by atoms with E-state index in [4.69, 9.17) is 0 Å². The number of hydrogen-bond donors (Lipinski definition) is 1. The third kappa shape index (κ3) is 3.36. The summed E-state index contributed by atoms with van der Waals surface area (Å²) in [5, 5.41) is 21.2. The van der Waals surface area contributed by atoms with Gasteiger partial charge in [0, 0.05) is 11.4 Å². The van der Waals surface area contributed by atoms with Gasteiger partial charge in [0.25, 0.3) is 5.78 Å². The summed E-state index contributed by atoms with van der Waals surface area (Å²) in [6, 6.07) is 4.25. The van der Waals surface area contributed by atoms with E-state index in [1.807, 2.05) is 24.3 Å². The molecule has 0 atom stereocenters. The summed E-state index contributed by atoms with van der Waals surface area (Å²) >= 11 is 1.31. The fourth-order valence-corrected chi connectivity index (χ4v) is 3.93. The molecule has 7 nitrogen and oxygen atoms in total. The van der Waals surface area contributed by atoms with Crippen molar-refractivity contribution < 1.29 is 4.79 Å². The molecule has 126 valence electrons. The normalized spacial score (nSPS) is 16.7. The van der Waals surface area contributed by atoms with Gasteiger partial charge in [-0.15, -0.1) is 10.2 Å². The zero-order valence-electron chi connectivity index (χ0n) is 13.9. The third-order valence-electron chi connectivity index (χ3n) is 4.30. The van der Waals surface area contributed by atoms with Crippen molar-refractivity contribution in [2.24, 2.45) is 0 Å². The lowest BCUT2D eigenvalue weighted by molar-refractivity contribution is -0.120. The van der Waals surface area contributed by atoms with Crippen LogP contribution in [0.1, 0.15) is 43.5 Å². The highest BCUT2D eigenvalue weighted by atomic mass is 32.2. The van der Waals surface area contributed by atoms with E-state index in [1.165, 1.54) is 11.8 Å².